The molecule has 0 unspecified atom stereocenters. The van der Waals surface area contributed by atoms with Gasteiger partial charge in [0.1, 0.15) is 5.65 Å². The number of aromatic nitrogens is 2. The summed E-state index contributed by atoms with van der Waals surface area (Å²) >= 11 is 0. The number of rotatable bonds is 5. The summed E-state index contributed by atoms with van der Waals surface area (Å²) < 4.78 is 71.9. The molecule has 2 fully saturated rings. The number of sulfone groups is 1. The van der Waals surface area contributed by atoms with E-state index in [9.17, 15) is 21.6 Å². The van der Waals surface area contributed by atoms with Gasteiger partial charge in [0.25, 0.3) is 0 Å². The van der Waals surface area contributed by atoms with Crippen LogP contribution in [0.1, 0.15) is 28.1 Å². The minimum absolute atomic E-state index is 0.101. The predicted molar refractivity (Wildman–Crippen MR) is 131 cm³/mol. The molecule has 36 heavy (non-hydrogen) atoms. The highest BCUT2D eigenvalue weighted by Gasteiger charge is 2.33. The molecule has 0 radical (unpaired) electrons. The molecule has 0 spiro atoms. The van der Waals surface area contributed by atoms with Gasteiger partial charge in [-0.1, -0.05) is 12.1 Å². The Bertz CT molecular complexity index is 1350. The maximum Gasteiger partial charge on any atom is 0.416 e. The number of anilines is 1. The van der Waals surface area contributed by atoms with Gasteiger partial charge in [-0.3, -0.25) is 4.90 Å². The largest absolute Gasteiger partial charge is 0.416 e. The Morgan fingerprint density at radius 2 is 1.75 bits per heavy atom. The summed E-state index contributed by atoms with van der Waals surface area (Å²) in [5, 5.41) is 0. The van der Waals surface area contributed by atoms with E-state index < -0.39 is 21.6 Å². The first-order chi connectivity index (χ1) is 17.1. The van der Waals surface area contributed by atoms with Crippen LogP contribution in [0, 0.1) is 6.92 Å². The average molecular weight is 523 g/mol. The minimum atomic E-state index is -4.43. The van der Waals surface area contributed by atoms with Crippen molar-refractivity contribution in [3.05, 3.63) is 64.6 Å². The third kappa shape index (κ3) is 5.23. The van der Waals surface area contributed by atoms with E-state index in [0.717, 1.165) is 36.2 Å². The molecule has 2 aliphatic heterocycles. The first-order valence-electron chi connectivity index (χ1n) is 12.0. The van der Waals surface area contributed by atoms with Gasteiger partial charge in [0.2, 0.25) is 0 Å². The third-order valence-corrected chi connectivity index (χ3v) is 8.69. The van der Waals surface area contributed by atoms with Gasteiger partial charge in [0, 0.05) is 45.3 Å². The molecule has 2 saturated heterocycles. The molecule has 194 valence electrons. The van der Waals surface area contributed by atoms with Crippen molar-refractivity contribution in [1.82, 2.24) is 14.3 Å². The van der Waals surface area contributed by atoms with Crippen molar-refractivity contribution in [2.24, 2.45) is 0 Å². The van der Waals surface area contributed by atoms with E-state index in [4.69, 9.17) is 9.72 Å². The van der Waals surface area contributed by atoms with E-state index in [-0.39, 0.29) is 23.5 Å². The Balaban J connectivity index is 1.54. The highest BCUT2D eigenvalue weighted by Crippen LogP contribution is 2.34. The number of alkyl halides is 3. The maximum absolute atomic E-state index is 13.6. The zero-order valence-electron chi connectivity index (χ0n) is 20.1. The van der Waals surface area contributed by atoms with Crippen LogP contribution in [0.4, 0.5) is 18.9 Å². The first-order valence-corrected chi connectivity index (χ1v) is 13.8. The van der Waals surface area contributed by atoms with Gasteiger partial charge in [0.15, 0.2) is 9.84 Å². The molecule has 2 aromatic heterocycles. The second-order valence-corrected chi connectivity index (χ2v) is 11.7. The summed E-state index contributed by atoms with van der Waals surface area (Å²) in [6.45, 7) is 5.58. The fourth-order valence-corrected chi connectivity index (χ4v) is 6.21. The monoisotopic (exact) mass is 522 g/mol. The van der Waals surface area contributed by atoms with Crippen LogP contribution in [0.25, 0.3) is 5.65 Å². The Labute approximate surface area is 208 Å². The molecule has 0 saturated carbocycles. The number of fused-ring (bicyclic) bond motifs is 1. The molecule has 5 rings (SSSR count). The van der Waals surface area contributed by atoms with Gasteiger partial charge in [-0.05, 0) is 36.2 Å². The normalized spacial score (nSPS) is 19.2. The lowest BCUT2D eigenvalue weighted by atomic mass is 9.98. The standard InChI is InChI=1S/C25H29F3N4O3S/c1-18-19(3-2-4-21(18)25(26,27)28)15-23-22(17-30-9-13-36(33,34)14-10-30)29-24-6-5-20(16-32(23)24)31-7-11-35-12-8-31/h2-6,16H,7-15,17H2,1H3. The van der Waals surface area contributed by atoms with Crippen LogP contribution in [-0.2, 0) is 33.7 Å². The molecule has 0 aliphatic carbocycles. The van der Waals surface area contributed by atoms with Gasteiger partial charge in [-0.25, -0.2) is 13.4 Å². The van der Waals surface area contributed by atoms with Crippen LogP contribution in [0.5, 0.6) is 0 Å². The van der Waals surface area contributed by atoms with Crippen LogP contribution >= 0.6 is 0 Å². The molecular weight excluding hydrogens is 493 g/mol. The van der Waals surface area contributed by atoms with Crippen molar-refractivity contribution in [2.75, 3.05) is 55.8 Å². The molecule has 0 atom stereocenters. The fraction of sp³-hybridized carbons (Fsp3) is 0.480. The molecule has 0 N–H and O–H groups in total. The highest BCUT2D eigenvalue weighted by molar-refractivity contribution is 7.91. The van der Waals surface area contributed by atoms with Crippen LogP contribution in [0.15, 0.2) is 36.5 Å². The van der Waals surface area contributed by atoms with E-state index in [1.54, 1.807) is 6.07 Å². The summed E-state index contributed by atoms with van der Waals surface area (Å²) in [6.07, 6.45) is -2.15. The Hall–Kier alpha value is -2.63. The Morgan fingerprint density at radius 3 is 2.44 bits per heavy atom. The number of hydrogen-bond donors (Lipinski definition) is 0. The zero-order chi connectivity index (χ0) is 25.5. The van der Waals surface area contributed by atoms with E-state index >= 15 is 0 Å². The van der Waals surface area contributed by atoms with E-state index in [1.807, 2.05) is 27.6 Å². The number of benzene rings is 1. The lowest BCUT2D eigenvalue weighted by Crippen LogP contribution is -2.39. The molecule has 0 bridgehead atoms. The van der Waals surface area contributed by atoms with E-state index in [2.05, 4.69) is 4.90 Å². The Kier molecular flexibility index (Phi) is 6.73. The first kappa shape index (κ1) is 25.0. The summed E-state index contributed by atoms with van der Waals surface area (Å²) in [5.41, 5.74) is 3.45. The van der Waals surface area contributed by atoms with Gasteiger partial charge < -0.3 is 14.0 Å². The van der Waals surface area contributed by atoms with Crippen LogP contribution in [-0.4, -0.2) is 73.6 Å². The van der Waals surface area contributed by atoms with Crippen molar-refractivity contribution < 1.29 is 26.3 Å². The van der Waals surface area contributed by atoms with Gasteiger partial charge in [-0.15, -0.1) is 0 Å². The lowest BCUT2D eigenvalue weighted by Gasteiger charge is -2.29. The molecule has 1 aromatic carbocycles. The number of morpholine rings is 1. The van der Waals surface area contributed by atoms with Crippen LogP contribution in [0.3, 0.4) is 0 Å². The van der Waals surface area contributed by atoms with Crippen molar-refractivity contribution in [2.45, 2.75) is 26.1 Å². The molecule has 4 heterocycles. The van der Waals surface area contributed by atoms with Crippen LogP contribution in [0.2, 0.25) is 0 Å². The summed E-state index contributed by atoms with van der Waals surface area (Å²) in [7, 11) is -3.02. The molecule has 7 nitrogen and oxygen atoms in total. The number of imidazole rings is 1. The number of nitrogens with zero attached hydrogens (tertiary/aromatic N) is 4. The molecule has 11 heteroatoms. The number of halogens is 3. The number of hydrogen-bond acceptors (Lipinski definition) is 6. The number of ether oxygens (including phenoxy) is 1. The highest BCUT2D eigenvalue weighted by atomic mass is 32.2. The van der Waals surface area contributed by atoms with E-state index in [1.165, 1.54) is 13.0 Å². The zero-order valence-corrected chi connectivity index (χ0v) is 20.9. The summed E-state index contributed by atoms with van der Waals surface area (Å²) in [5.74, 6) is 0.202. The smallest absolute Gasteiger partial charge is 0.378 e. The maximum atomic E-state index is 13.6. The van der Waals surface area contributed by atoms with Crippen molar-refractivity contribution in [1.29, 1.82) is 0 Å². The summed E-state index contributed by atoms with van der Waals surface area (Å²) in [6, 6.07) is 8.22. The Morgan fingerprint density at radius 1 is 1.03 bits per heavy atom. The second kappa shape index (κ2) is 9.68. The van der Waals surface area contributed by atoms with Gasteiger partial charge in [0.05, 0.1) is 47.4 Å². The number of pyridine rings is 1. The molecule has 2 aliphatic rings. The quantitative estimate of drug-likeness (QED) is 0.512. The predicted octanol–water partition coefficient (Wildman–Crippen LogP) is 3.32. The molecule has 3 aromatic rings. The van der Waals surface area contributed by atoms with Crippen molar-refractivity contribution in [3.8, 4) is 0 Å². The van der Waals surface area contributed by atoms with Crippen LogP contribution < -0.4 is 4.90 Å². The van der Waals surface area contributed by atoms with Crippen molar-refractivity contribution >= 4 is 21.2 Å². The van der Waals surface area contributed by atoms with Crippen molar-refractivity contribution in [3.63, 3.8) is 0 Å². The SMILES string of the molecule is Cc1c(Cc2c(CN3CCS(=O)(=O)CC3)nc3ccc(N4CCOCC4)cn23)cccc1C(F)(F)F. The molecule has 0 amide bonds. The lowest BCUT2D eigenvalue weighted by molar-refractivity contribution is -0.138. The average Bonchev–Trinajstić information content (AvgIpc) is 3.17. The summed E-state index contributed by atoms with van der Waals surface area (Å²) in [4.78, 5) is 9.10. The second-order valence-electron chi connectivity index (χ2n) is 9.41. The third-order valence-electron chi connectivity index (χ3n) is 7.08. The topological polar surface area (TPSA) is 67.2 Å². The van der Waals surface area contributed by atoms with Gasteiger partial charge in [-0.2, -0.15) is 13.2 Å². The van der Waals surface area contributed by atoms with E-state index in [0.29, 0.717) is 44.1 Å². The minimum Gasteiger partial charge on any atom is -0.378 e. The van der Waals surface area contributed by atoms with Gasteiger partial charge >= 0.3 is 6.18 Å². The fourth-order valence-electron chi connectivity index (χ4n) is 4.94. The molecular formula is C25H29F3N4O3S.